The van der Waals surface area contributed by atoms with Crippen LogP contribution in [0.25, 0.3) is 11.1 Å². The van der Waals surface area contributed by atoms with Crippen molar-refractivity contribution in [1.82, 2.24) is 0 Å². The van der Waals surface area contributed by atoms with Gasteiger partial charge in [-0.25, -0.2) is 4.79 Å². The SMILES string of the molecule is CCc1ccc(-c2csc(NC(=O)c3ccccc3C)c2C(=O)OC)cc1. The third-order valence-electron chi connectivity index (χ3n) is 4.47. The standard InChI is InChI=1S/C22H21NO3S/c1-4-15-9-11-16(12-10-15)18-13-27-21(19(18)22(25)26-3)23-20(24)17-8-6-5-7-14(17)2/h5-13H,4H2,1-3H3,(H,23,24). The zero-order valence-electron chi connectivity index (χ0n) is 15.5. The second-order valence-corrected chi connectivity index (χ2v) is 7.04. The van der Waals surface area contributed by atoms with Crippen molar-refractivity contribution in [2.75, 3.05) is 12.4 Å². The molecule has 3 aromatic rings. The van der Waals surface area contributed by atoms with Crippen LogP contribution in [0.1, 0.15) is 38.8 Å². The highest BCUT2D eigenvalue weighted by atomic mass is 32.1. The van der Waals surface area contributed by atoms with Gasteiger partial charge in [0, 0.05) is 16.5 Å². The van der Waals surface area contributed by atoms with Crippen LogP contribution in [0.2, 0.25) is 0 Å². The molecule has 0 aliphatic rings. The molecule has 0 saturated carbocycles. The van der Waals surface area contributed by atoms with Crippen molar-refractivity contribution in [1.29, 1.82) is 0 Å². The number of methoxy groups -OCH3 is 1. The number of carbonyl (C=O) groups excluding carboxylic acids is 2. The van der Waals surface area contributed by atoms with Crippen LogP contribution in [-0.4, -0.2) is 19.0 Å². The van der Waals surface area contributed by atoms with Gasteiger partial charge < -0.3 is 10.1 Å². The molecule has 2 aromatic carbocycles. The molecule has 5 heteroatoms. The zero-order valence-corrected chi connectivity index (χ0v) is 16.4. The molecule has 0 atom stereocenters. The second kappa shape index (κ2) is 8.18. The summed E-state index contributed by atoms with van der Waals surface area (Å²) in [5.41, 5.74) is 4.74. The molecule has 0 unspecified atom stereocenters. The fraction of sp³-hybridized carbons (Fsp3) is 0.182. The number of hydrogen-bond donors (Lipinski definition) is 1. The van der Waals surface area contributed by atoms with Crippen molar-refractivity contribution < 1.29 is 14.3 Å². The van der Waals surface area contributed by atoms with Crippen LogP contribution >= 0.6 is 11.3 Å². The largest absolute Gasteiger partial charge is 0.465 e. The molecule has 1 N–H and O–H groups in total. The van der Waals surface area contributed by atoms with E-state index in [-0.39, 0.29) is 5.91 Å². The number of rotatable bonds is 5. The molecule has 138 valence electrons. The summed E-state index contributed by atoms with van der Waals surface area (Å²) >= 11 is 1.32. The molecule has 0 bridgehead atoms. The fourth-order valence-corrected chi connectivity index (χ4v) is 3.84. The van der Waals surface area contributed by atoms with Crippen molar-refractivity contribution >= 4 is 28.2 Å². The first kappa shape index (κ1) is 18.9. The second-order valence-electron chi connectivity index (χ2n) is 6.16. The molecule has 27 heavy (non-hydrogen) atoms. The Labute approximate surface area is 162 Å². The minimum atomic E-state index is -0.467. The summed E-state index contributed by atoms with van der Waals surface area (Å²) < 4.78 is 4.97. The molecule has 3 rings (SSSR count). The molecule has 4 nitrogen and oxygen atoms in total. The van der Waals surface area contributed by atoms with Gasteiger partial charge in [0.1, 0.15) is 10.6 Å². The van der Waals surface area contributed by atoms with E-state index in [2.05, 4.69) is 12.2 Å². The van der Waals surface area contributed by atoms with Gasteiger partial charge in [-0.2, -0.15) is 0 Å². The number of anilines is 1. The van der Waals surface area contributed by atoms with Crippen LogP contribution in [-0.2, 0) is 11.2 Å². The topological polar surface area (TPSA) is 55.4 Å². The number of nitrogens with one attached hydrogen (secondary N) is 1. The Hall–Kier alpha value is -2.92. The van der Waals surface area contributed by atoms with Crippen molar-refractivity contribution in [3.63, 3.8) is 0 Å². The van der Waals surface area contributed by atoms with Crippen molar-refractivity contribution in [2.24, 2.45) is 0 Å². The van der Waals surface area contributed by atoms with Gasteiger partial charge in [-0.1, -0.05) is 49.4 Å². The molecule has 0 spiro atoms. The van der Waals surface area contributed by atoms with Crippen molar-refractivity contribution in [3.05, 3.63) is 76.2 Å². The molecule has 1 aromatic heterocycles. The Morgan fingerprint density at radius 2 is 1.78 bits per heavy atom. The average Bonchev–Trinajstić information content (AvgIpc) is 3.11. The maximum absolute atomic E-state index is 12.7. The van der Waals surface area contributed by atoms with Gasteiger partial charge in [-0.15, -0.1) is 11.3 Å². The first-order valence-electron chi connectivity index (χ1n) is 8.71. The lowest BCUT2D eigenvalue weighted by atomic mass is 10.0. The summed E-state index contributed by atoms with van der Waals surface area (Å²) in [6.07, 6.45) is 0.950. The zero-order chi connectivity index (χ0) is 19.4. The number of thiophene rings is 1. The lowest BCUT2D eigenvalue weighted by Gasteiger charge is -2.09. The number of ether oxygens (including phenoxy) is 1. The first-order chi connectivity index (χ1) is 13.0. The van der Waals surface area contributed by atoms with Crippen molar-refractivity contribution in [2.45, 2.75) is 20.3 Å². The van der Waals surface area contributed by atoms with E-state index >= 15 is 0 Å². The molecule has 0 fully saturated rings. The van der Waals surface area contributed by atoms with E-state index in [1.807, 2.05) is 54.8 Å². The quantitative estimate of drug-likeness (QED) is 0.610. The summed E-state index contributed by atoms with van der Waals surface area (Å²) in [5.74, 6) is -0.709. The van der Waals surface area contributed by atoms with Crippen LogP contribution in [0.4, 0.5) is 5.00 Å². The summed E-state index contributed by atoms with van der Waals surface area (Å²) in [6, 6.07) is 15.4. The summed E-state index contributed by atoms with van der Waals surface area (Å²) in [6.45, 7) is 3.98. The Balaban J connectivity index is 1.98. The normalized spacial score (nSPS) is 10.5. The van der Waals surface area contributed by atoms with Crippen LogP contribution in [0.5, 0.6) is 0 Å². The lowest BCUT2D eigenvalue weighted by Crippen LogP contribution is -2.15. The van der Waals surface area contributed by atoms with E-state index in [4.69, 9.17) is 4.74 Å². The third kappa shape index (κ3) is 3.93. The molecule has 1 amide bonds. The van der Waals surface area contributed by atoms with Gasteiger partial charge in [0.2, 0.25) is 0 Å². The first-order valence-corrected chi connectivity index (χ1v) is 9.59. The van der Waals surface area contributed by atoms with Crippen LogP contribution in [0, 0.1) is 6.92 Å². The minimum absolute atomic E-state index is 0.243. The molecule has 1 heterocycles. The molecule has 0 radical (unpaired) electrons. The molecular weight excluding hydrogens is 358 g/mol. The molecule has 0 aliphatic carbocycles. The highest BCUT2D eigenvalue weighted by Crippen LogP contribution is 2.36. The number of amides is 1. The summed E-state index contributed by atoms with van der Waals surface area (Å²) in [7, 11) is 1.34. The summed E-state index contributed by atoms with van der Waals surface area (Å²) in [4.78, 5) is 25.1. The Morgan fingerprint density at radius 1 is 1.07 bits per heavy atom. The number of carbonyl (C=O) groups is 2. The van der Waals surface area contributed by atoms with Gasteiger partial charge in [-0.3, -0.25) is 4.79 Å². The Bertz CT molecular complexity index is 973. The smallest absolute Gasteiger partial charge is 0.341 e. The highest BCUT2D eigenvalue weighted by Gasteiger charge is 2.23. The van der Waals surface area contributed by atoms with Crippen LogP contribution in [0.15, 0.2) is 53.9 Å². The maximum Gasteiger partial charge on any atom is 0.341 e. The molecular formula is C22H21NO3S. The van der Waals surface area contributed by atoms with E-state index in [0.29, 0.717) is 16.1 Å². The molecule has 0 saturated heterocycles. The van der Waals surface area contributed by atoms with Gasteiger partial charge >= 0.3 is 5.97 Å². The number of aryl methyl sites for hydroxylation is 2. The number of esters is 1. The molecule has 0 aliphatic heterocycles. The van der Waals surface area contributed by atoms with E-state index in [0.717, 1.165) is 23.1 Å². The van der Waals surface area contributed by atoms with E-state index in [1.165, 1.54) is 24.0 Å². The predicted octanol–water partition coefficient (Wildman–Crippen LogP) is 5.32. The van der Waals surface area contributed by atoms with Crippen LogP contribution in [0.3, 0.4) is 0 Å². The van der Waals surface area contributed by atoms with E-state index in [9.17, 15) is 9.59 Å². The lowest BCUT2D eigenvalue weighted by molar-refractivity contribution is 0.0603. The number of hydrogen-bond acceptors (Lipinski definition) is 4. The van der Waals surface area contributed by atoms with E-state index in [1.54, 1.807) is 6.07 Å². The fourth-order valence-electron chi connectivity index (χ4n) is 2.89. The van der Waals surface area contributed by atoms with Crippen molar-refractivity contribution in [3.8, 4) is 11.1 Å². The monoisotopic (exact) mass is 379 g/mol. The Kier molecular flexibility index (Phi) is 5.72. The van der Waals surface area contributed by atoms with E-state index < -0.39 is 5.97 Å². The Morgan fingerprint density at radius 3 is 2.41 bits per heavy atom. The highest BCUT2D eigenvalue weighted by molar-refractivity contribution is 7.15. The van der Waals surface area contributed by atoms with Gasteiger partial charge in [0.25, 0.3) is 5.91 Å². The summed E-state index contributed by atoms with van der Waals surface area (Å²) in [5, 5.41) is 5.24. The van der Waals surface area contributed by atoms with Crippen LogP contribution < -0.4 is 5.32 Å². The minimum Gasteiger partial charge on any atom is -0.465 e. The van der Waals surface area contributed by atoms with Gasteiger partial charge in [0.05, 0.1) is 7.11 Å². The van der Waals surface area contributed by atoms with Gasteiger partial charge in [0.15, 0.2) is 0 Å². The third-order valence-corrected chi connectivity index (χ3v) is 5.37. The average molecular weight is 379 g/mol. The number of benzene rings is 2. The van der Waals surface area contributed by atoms with Gasteiger partial charge in [-0.05, 0) is 36.1 Å². The maximum atomic E-state index is 12.7. The predicted molar refractivity (Wildman–Crippen MR) is 110 cm³/mol.